The van der Waals surface area contributed by atoms with Gasteiger partial charge in [0.15, 0.2) is 15.7 Å². The van der Waals surface area contributed by atoms with Gasteiger partial charge in [0.05, 0.1) is 17.5 Å². The van der Waals surface area contributed by atoms with E-state index in [0.29, 0.717) is 17.3 Å². The molecule has 1 aliphatic heterocycles. The van der Waals surface area contributed by atoms with E-state index in [1.54, 1.807) is 16.8 Å². The van der Waals surface area contributed by atoms with E-state index in [4.69, 9.17) is 11.6 Å². The summed E-state index contributed by atoms with van der Waals surface area (Å²) in [7, 11) is -2.96. The van der Waals surface area contributed by atoms with Gasteiger partial charge >= 0.3 is 0 Å². The second-order valence-electron chi connectivity index (χ2n) is 4.51. The predicted octanol–water partition coefficient (Wildman–Crippen LogP) is 1.35. The molecule has 0 N–H and O–H groups in total. The number of rotatable bonds is 2. The summed E-state index contributed by atoms with van der Waals surface area (Å²) in [6, 6.07) is 6.94. The summed E-state index contributed by atoms with van der Waals surface area (Å²) in [5, 5.41) is 12.2. The molecule has 6 nitrogen and oxygen atoms in total. The van der Waals surface area contributed by atoms with Crippen LogP contribution in [0.25, 0.3) is 11.4 Å². The summed E-state index contributed by atoms with van der Waals surface area (Å²) in [4.78, 5) is 0. The predicted molar refractivity (Wildman–Crippen MR) is 70.6 cm³/mol. The van der Waals surface area contributed by atoms with Crippen molar-refractivity contribution in [3.63, 3.8) is 0 Å². The van der Waals surface area contributed by atoms with E-state index in [9.17, 15) is 8.42 Å². The number of halogens is 1. The second-order valence-corrected chi connectivity index (χ2v) is 7.18. The van der Waals surface area contributed by atoms with Crippen molar-refractivity contribution in [2.75, 3.05) is 11.5 Å². The third kappa shape index (κ3) is 2.48. The first-order chi connectivity index (χ1) is 9.05. The van der Waals surface area contributed by atoms with E-state index in [-0.39, 0.29) is 17.5 Å². The minimum Gasteiger partial charge on any atom is -0.229 e. The van der Waals surface area contributed by atoms with Crippen molar-refractivity contribution in [3.05, 3.63) is 29.3 Å². The van der Waals surface area contributed by atoms with E-state index in [0.717, 1.165) is 5.56 Å². The standard InChI is InChI=1S/C11H11ClN4O2S/c12-9-3-1-8(2-4-9)11-13-14-15-16(11)10-5-6-19(17,18)7-10/h1-4,10H,5-7H2/t10-/m1/s1. The van der Waals surface area contributed by atoms with E-state index in [2.05, 4.69) is 15.5 Å². The number of hydrogen-bond acceptors (Lipinski definition) is 5. The van der Waals surface area contributed by atoms with Crippen LogP contribution in [-0.2, 0) is 9.84 Å². The largest absolute Gasteiger partial charge is 0.229 e. The summed E-state index contributed by atoms with van der Waals surface area (Å²) in [5.41, 5.74) is 0.818. The van der Waals surface area contributed by atoms with Crippen molar-refractivity contribution in [1.82, 2.24) is 20.2 Å². The first-order valence-electron chi connectivity index (χ1n) is 5.79. The van der Waals surface area contributed by atoms with Gasteiger partial charge in [-0.3, -0.25) is 0 Å². The Morgan fingerprint density at radius 3 is 2.63 bits per heavy atom. The number of tetrazole rings is 1. The maximum Gasteiger partial charge on any atom is 0.182 e. The lowest BCUT2D eigenvalue weighted by molar-refractivity contribution is 0.489. The Labute approximate surface area is 115 Å². The monoisotopic (exact) mass is 298 g/mol. The molecule has 2 heterocycles. The van der Waals surface area contributed by atoms with E-state index >= 15 is 0 Å². The third-order valence-electron chi connectivity index (χ3n) is 3.15. The van der Waals surface area contributed by atoms with Crippen molar-refractivity contribution in [3.8, 4) is 11.4 Å². The van der Waals surface area contributed by atoms with Crippen LogP contribution in [-0.4, -0.2) is 40.1 Å². The Bertz CT molecular complexity index is 696. The molecule has 0 aliphatic carbocycles. The van der Waals surface area contributed by atoms with Gasteiger partial charge in [-0.2, -0.15) is 0 Å². The van der Waals surface area contributed by atoms with Crippen molar-refractivity contribution in [2.45, 2.75) is 12.5 Å². The van der Waals surface area contributed by atoms with Gasteiger partial charge in [-0.05, 0) is 41.1 Å². The van der Waals surface area contributed by atoms with Gasteiger partial charge in [0, 0.05) is 10.6 Å². The molecule has 1 aliphatic rings. The highest BCUT2D eigenvalue weighted by molar-refractivity contribution is 7.91. The third-order valence-corrected chi connectivity index (χ3v) is 5.15. The number of hydrogen-bond donors (Lipinski definition) is 0. The number of aromatic nitrogens is 4. The number of sulfone groups is 1. The molecule has 1 aromatic heterocycles. The lowest BCUT2D eigenvalue weighted by Crippen LogP contribution is -2.13. The van der Waals surface area contributed by atoms with Gasteiger partial charge in [0.25, 0.3) is 0 Å². The van der Waals surface area contributed by atoms with Crippen molar-refractivity contribution in [1.29, 1.82) is 0 Å². The molecular weight excluding hydrogens is 288 g/mol. The summed E-state index contributed by atoms with van der Waals surface area (Å²) in [5.74, 6) is 0.856. The molecule has 0 spiro atoms. The van der Waals surface area contributed by atoms with E-state index in [1.165, 1.54) is 0 Å². The molecule has 1 saturated heterocycles. The molecule has 1 atom stereocenters. The molecule has 0 radical (unpaired) electrons. The van der Waals surface area contributed by atoms with Gasteiger partial charge in [-0.25, -0.2) is 13.1 Å². The molecule has 100 valence electrons. The van der Waals surface area contributed by atoms with E-state index in [1.807, 2.05) is 12.1 Å². The Morgan fingerprint density at radius 2 is 2.00 bits per heavy atom. The van der Waals surface area contributed by atoms with Gasteiger partial charge in [0.2, 0.25) is 0 Å². The number of nitrogens with zero attached hydrogens (tertiary/aromatic N) is 4. The average Bonchev–Trinajstić information content (AvgIpc) is 2.96. The molecule has 0 amide bonds. The van der Waals surface area contributed by atoms with E-state index < -0.39 is 9.84 Å². The summed E-state index contributed by atoms with van der Waals surface area (Å²) in [6.45, 7) is 0. The molecule has 0 saturated carbocycles. The second kappa shape index (κ2) is 4.57. The molecule has 8 heteroatoms. The molecule has 3 rings (SSSR count). The van der Waals surface area contributed by atoms with Gasteiger partial charge in [0.1, 0.15) is 0 Å². The summed E-state index contributed by atoms with van der Waals surface area (Å²) in [6.07, 6.45) is 0.550. The smallest absolute Gasteiger partial charge is 0.182 e. The summed E-state index contributed by atoms with van der Waals surface area (Å²) >= 11 is 5.84. The molecular formula is C11H11ClN4O2S. The quantitative estimate of drug-likeness (QED) is 0.836. The Kier molecular flexibility index (Phi) is 3.02. The lowest BCUT2D eigenvalue weighted by atomic mass is 10.2. The Morgan fingerprint density at radius 1 is 1.26 bits per heavy atom. The zero-order valence-electron chi connectivity index (χ0n) is 9.90. The maximum atomic E-state index is 11.5. The fourth-order valence-electron chi connectivity index (χ4n) is 2.20. The Balaban J connectivity index is 1.97. The van der Waals surface area contributed by atoms with Crippen LogP contribution in [0.1, 0.15) is 12.5 Å². The highest BCUT2D eigenvalue weighted by atomic mass is 35.5. The highest BCUT2D eigenvalue weighted by Crippen LogP contribution is 2.27. The minimum atomic E-state index is -2.96. The first kappa shape index (κ1) is 12.6. The van der Waals surface area contributed by atoms with Crippen LogP contribution in [0.5, 0.6) is 0 Å². The zero-order valence-corrected chi connectivity index (χ0v) is 11.5. The van der Waals surface area contributed by atoms with Crippen LogP contribution in [0.2, 0.25) is 5.02 Å². The van der Waals surface area contributed by atoms with Crippen LogP contribution in [0, 0.1) is 0 Å². The molecule has 1 aromatic carbocycles. The molecule has 0 unspecified atom stereocenters. The maximum absolute atomic E-state index is 11.5. The Hall–Kier alpha value is -1.47. The van der Waals surface area contributed by atoms with Gasteiger partial charge in [-0.15, -0.1) is 5.10 Å². The first-order valence-corrected chi connectivity index (χ1v) is 7.99. The van der Waals surface area contributed by atoms with Crippen LogP contribution < -0.4 is 0 Å². The summed E-state index contributed by atoms with van der Waals surface area (Å²) < 4.78 is 24.6. The van der Waals surface area contributed by atoms with Crippen molar-refractivity contribution >= 4 is 21.4 Å². The normalized spacial score (nSPS) is 21.6. The van der Waals surface area contributed by atoms with Crippen LogP contribution in [0.15, 0.2) is 24.3 Å². The molecule has 1 fully saturated rings. The molecule has 0 bridgehead atoms. The fourth-order valence-corrected chi connectivity index (χ4v) is 4.01. The lowest BCUT2D eigenvalue weighted by Gasteiger charge is -2.10. The minimum absolute atomic E-state index is 0.0959. The topological polar surface area (TPSA) is 77.7 Å². The van der Waals surface area contributed by atoms with Crippen LogP contribution in [0.4, 0.5) is 0 Å². The average molecular weight is 299 g/mol. The highest BCUT2D eigenvalue weighted by Gasteiger charge is 2.31. The van der Waals surface area contributed by atoms with Gasteiger partial charge < -0.3 is 0 Å². The van der Waals surface area contributed by atoms with Crippen LogP contribution in [0.3, 0.4) is 0 Å². The van der Waals surface area contributed by atoms with Gasteiger partial charge in [-0.1, -0.05) is 11.6 Å². The molecule has 19 heavy (non-hydrogen) atoms. The van der Waals surface area contributed by atoms with Crippen molar-refractivity contribution in [2.24, 2.45) is 0 Å². The fraction of sp³-hybridized carbons (Fsp3) is 0.364. The van der Waals surface area contributed by atoms with Crippen molar-refractivity contribution < 1.29 is 8.42 Å². The number of benzene rings is 1. The zero-order chi connectivity index (χ0) is 13.5. The molecule has 2 aromatic rings. The SMILES string of the molecule is O=S1(=O)CC[C@@H](n2nnnc2-c2ccc(Cl)cc2)C1. The van der Waals surface area contributed by atoms with Crippen LogP contribution >= 0.6 is 11.6 Å².